The molecule has 3 rings (SSSR count). The highest BCUT2D eigenvalue weighted by Crippen LogP contribution is 2.37. The molecule has 33 heavy (non-hydrogen) atoms. The third kappa shape index (κ3) is 5.28. The van der Waals surface area contributed by atoms with Crippen LogP contribution in [-0.4, -0.2) is 57.3 Å². The Hall–Kier alpha value is -3.52. The average Bonchev–Trinajstić information content (AvgIpc) is 3.05. The van der Waals surface area contributed by atoms with Crippen LogP contribution in [0.2, 0.25) is 0 Å². The molecule has 2 aromatic carbocycles. The van der Waals surface area contributed by atoms with E-state index in [-0.39, 0.29) is 29.8 Å². The fraction of sp³-hybridized carbons (Fsp3) is 0.360. The van der Waals surface area contributed by atoms with E-state index in [0.29, 0.717) is 41.5 Å². The summed E-state index contributed by atoms with van der Waals surface area (Å²) < 4.78 is 21.7. The molecule has 1 heterocycles. The number of para-hydroxylation sites is 1. The Bertz CT molecular complexity index is 1050. The van der Waals surface area contributed by atoms with Crippen molar-refractivity contribution in [1.29, 1.82) is 0 Å². The maximum absolute atomic E-state index is 13.4. The van der Waals surface area contributed by atoms with Gasteiger partial charge in [0.05, 0.1) is 38.7 Å². The van der Waals surface area contributed by atoms with E-state index in [2.05, 4.69) is 5.32 Å². The lowest BCUT2D eigenvalue weighted by Crippen LogP contribution is -2.34. The van der Waals surface area contributed by atoms with Crippen molar-refractivity contribution in [2.75, 3.05) is 39.8 Å². The van der Waals surface area contributed by atoms with Gasteiger partial charge in [0, 0.05) is 24.8 Å². The Morgan fingerprint density at radius 2 is 1.64 bits per heavy atom. The third-order valence-corrected chi connectivity index (χ3v) is 5.19. The maximum atomic E-state index is 13.4. The molecule has 0 saturated heterocycles. The Morgan fingerprint density at radius 1 is 0.909 bits per heavy atom. The number of carbonyl (C=O) groups is 2. The predicted molar refractivity (Wildman–Crippen MR) is 126 cm³/mol. The van der Waals surface area contributed by atoms with Crippen molar-refractivity contribution in [3.05, 3.63) is 53.7 Å². The van der Waals surface area contributed by atoms with Crippen molar-refractivity contribution >= 4 is 23.1 Å². The number of rotatable bonds is 11. The van der Waals surface area contributed by atoms with E-state index < -0.39 is 5.91 Å². The van der Waals surface area contributed by atoms with Gasteiger partial charge in [0.2, 0.25) is 0 Å². The quantitative estimate of drug-likeness (QED) is 0.409. The highest BCUT2D eigenvalue weighted by Gasteiger charge is 2.40. The van der Waals surface area contributed by atoms with Crippen molar-refractivity contribution in [1.82, 2.24) is 4.90 Å². The molecule has 0 fully saturated rings. The number of carbonyl (C=O) groups excluding carboxylic acids is 2. The van der Waals surface area contributed by atoms with Crippen LogP contribution >= 0.6 is 0 Å². The van der Waals surface area contributed by atoms with Crippen molar-refractivity contribution in [3.63, 3.8) is 0 Å². The summed E-state index contributed by atoms with van der Waals surface area (Å²) in [7, 11) is 4.61. The Morgan fingerprint density at radius 3 is 2.30 bits per heavy atom. The fourth-order valence-electron chi connectivity index (χ4n) is 3.57. The van der Waals surface area contributed by atoms with Crippen LogP contribution in [0.25, 0.3) is 5.57 Å². The van der Waals surface area contributed by atoms with Gasteiger partial charge in [-0.25, -0.2) is 0 Å². The lowest BCUT2D eigenvalue weighted by molar-refractivity contribution is -0.137. The Labute approximate surface area is 194 Å². The van der Waals surface area contributed by atoms with Gasteiger partial charge in [-0.1, -0.05) is 18.2 Å². The molecular weight excluding hydrogens is 424 g/mol. The van der Waals surface area contributed by atoms with E-state index in [1.165, 1.54) is 19.1 Å². The first-order chi connectivity index (χ1) is 15.9. The van der Waals surface area contributed by atoms with Crippen molar-refractivity contribution in [2.45, 2.75) is 26.4 Å². The first-order valence-electron chi connectivity index (χ1n) is 10.8. The monoisotopic (exact) mass is 454 g/mol. The topological polar surface area (TPSA) is 86.3 Å². The van der Waals surface area contributed by atoms with E-state index in [1.807, 2.05) is 19.9 Å². The first kappa shape index (κ1) is 24.1. The Balaban J connectivity index is 2.00. The van der Waals surface area contributed by atoms with E-state index >= 15 is 0 Å². The van der Waals surface area contributed by atoms with Gasteiger partial charge in [0.1, 0.15) is 22.9 Å². The number of nitrogens with one attached hydrogen (secondary N) is 1. The summed E-state index contributed by atoms with van der Waals surface area (Å²) in [6.07, 6.45) is 0.616. The number of imide groups is 1. The van der Waals surface area contributed by atoms with Crippen LogP contribution in [0.5, 0.6) is 17.2 Å². The molecule has 0 radical (unpaired) electrons. The summed E-state index contributed by atoms with van der Waals surface area (Å²) in [4.78, 5) is 28.1. The summed E-state index contributed by atoms with van der Waals surface area (Å²) >= 11 is 0. The molecule has 1 aliphatic rings. The molecule has 2 amide bonds. The van der Waals surface area contributed by atoms with Gasteiger partial charge in [0.25, 0.3) is 11.8 Å². The molecule has 0 unspecified atom stereocenters. The molecule has 0 aromatic heterocycles. The fourth-order valence-corrected chi connectivity index (χ4v) is 3.57. The second-order valence-electron chi connectivity index (χ2n) is 7.68. The van der Waals surface area contributed by atoms with E-state index in [9.17, 15) is 9.59 Å². The summed E-state index contributed by atoms with van der Waals surface area (Å²) in [5.74, 6) is 0.786. The van der Waals surface area contributed by atoms with Gasteiger partial charge in [-0.2, -0.15) is 0 Å². The van der Waals surface area contributed by atoms with Gasteiger partial charge >= 0.3 is 0 Å². The molecule has 1 aliphatic heterocycles. The van der Waals surface area contributed by atoms with E-state index in [1.54, 1.807) is 43.5 Å². The molecule has 0 atom stereocenters. The van der Waals surface area contributed by atoms with Crippen LogP contribution in [-0.2, 0) is 14.3 Å². The molecule has 1 N–H and O–H groups in total. The molecule has 176 valence electrons. The van der Waals surface area contributed by atoms with Crippen LogP contribution in [0.15, 0.2) is 48.2 Å². The maximum Gasteiger partial charge on any atom is 0.278 e. The van der Waals surface area contributed by atoms with Gasteiger partial charge in [-0.05, 0) is 38.5 Å². The summed E-state index contributed by atoms with van der Waals surface area (Å²) in [5.41, 5.74) is 1.49. The molecular formula is C25H30N2O6. The molecule has 0 saturated carbocycles. The number of hydrogen-bond acceptors (Lipinski definition) is 7. The van der Waals surface area contributed by atoms with Crippen LogP contribution in [0.1, 0.15) is 25.8 Å². The number of benzene rings is 2. The van der Waals surface area contributed by atoms with Gasteiger partial charge in [0.15, 0.2) is 0 Å². The average molecular weight is 455 g/mol. The predicted octanol–water partition coefficient (Wildman–Crippen LogP) is 3.72. The summed E-state index contributed by atoms with van der Waals surface area (Å²) in [5, 5.41) is 3.13. The number of methoxy groups -OCH3 is 3. The van der Waals surface area contributed by atoms with Gasteiger partial charge < -0.3 is 24.3 Å². The highest BCUT2D eigenvalue weighted by molar-refractivity contribution is 6.37. The van der Waals surface area contributed by atoms with Crippen LogP contribution in [0, 0.1) is 0 Å². The molecule has 8 nitrogen and oxygen atoms in total. The zero-order valence-corrected chi connectivity index (χ0v) is 19.6. The minimum atomic E-state index is -0.414. The summed E-state index contributed by atoms with van der Waals surface area (Å²) in [6.45, 7) is 4.58. The second-order valence-corrected chi connectivity index (χ2v) is 7.68. The van der Waals surface area contributed by atoms with Crippen molar-refractivity contribution < 1.29 is 28.5 Å². The molecule has 2 aromatic rings. The second kappa shape index (κ2) is 10.9. The summed E-state index contributed by atoms with van der Waals surface area (Å²) in [6, 6.07) is 12.3. The lowest BCUT2D eigenvalue weighted by Gasteiger charge is -2.16. The third-order valence-electron chi connectivity index (χ3n) is 5.19. The minimum Gasteiger partial charge on any atom is -0.497 e. The van der Waals surface area contributed by atoms with Gasteiger partial charge in [-0.15, -0.1) is 0 Å². The minimum absolute atomic E-state index is 0.0806. The number of hydrogen-bond donors (Lipinski definition) is 1. The Kier molecular flexibility index (Phi) is 7.95. The largest absolute Gasteiger partial charge is 0.497 e. The van der Waals surface area contributed by atoms with Crippen molar-refractivity contribution in [2.24, 2.45) is 0 Å². The number of nitrogens with zero attached hydrogens (tertiary/aromatic N) is 1. The number of ether oxygens (including phenoxy) is 4. The molecule has 0 aliphatic carbocycles. The van der Waals surface area contributed by atoms with E-state index in [4.69, 9.17) is 18.9 Å². The number of amides is 2. The highest BCUT2D eigenvalue weighted by atomic mass is 16.5. The molecule has 0 bridgehead atoms. The normalized spacial score (nSPS) is 13.7. The van der Waals surface area contributed by atoms with Crippen LogP contribution in [0.3, 0.4) is 0 Å². The van der Waals surface area contributed by atoms with Crippen molar-refractivity contribution in [3.8, 4) is 17.2 Å². The van der Waals surface area contributed by atoms with Gasteiger partial charge in [-0.3, -0.25) is 14.5 Å². The van der Waals surface area contributed by atoms with Crippen LogP contribution < -0.4 is 19.5 Å². The van der Waals surface area contributed by atoms with E-state index in [0.717, 1.165) is 0 Å². The zero-order chi connectivity index (χ0) is 24.0. The SMILES string of the molecule is COc1ccc(NC2=C(c3ccccc3OC)C(=O)N(CCCOC(C)C)C2=O)c(OC)c1. The molecule has 0 spiro atoms. The standard InChI is InChI=1S/C25H30N2O6/c1-16(2)33-14-8-13-27-24(28)22(18-9-6-7-10-20(18)31-4)23(25(27)29)26-19-12-11-17(30-3)15-21(19)32-5/h6-7,9-12,15-16,26H,8,13-14H2,1-5H3. The lowest BCUT2D eigenvalue weighted by atomic mass is 10.0. The first-order valence-corrected chi connectivity index (χ1v) is 10.8. The molecule has 8 heteroatoms. The smallest absolute Gasteiger partial charge is 0.278 e. The van der Waals surface area contributed by atoms with Crippen LogP contribution in [0.4, 0.5) is 5.69 Å². The zero-order valence-electron chi connectivity index (χ0n) is 19.6. The number of anilines is 1.